The van der Waals surface area contributed by atoms with Crippen molar-refractivity contribution in [3.63, 3.8) is 0 Å². The maximum absolute atomic E-state index is 13.4. The molecule has 0 aliphatic heterocycles. The molecule has 1 aromatic carbocycles. The van der Waals surface area contributed by atoms with Gasteiger partial charge in [-0.3, -0.25) is 4.79 Å². The number of rotatable bonds is 6. The van der Waals surface area contributed by atoms with Crippen LogP contribution in [0.25, 0.3) is 0 Å². The van der Waals surface area contributed by atoms with Gasteiger partial charge in [-0.25, -0.2) is 8.78 Å². The maximum atomic E-state index is 13.4. The number of carbonyl (C=O) groups excluding carboxylic acids is 1. The molecule has 0 saturated heterocycles. The predicted octanol–water partition coefficient (Wildman–Crippen LogP) is 3.74. The van der Waals surface area contributed by atoms with Crippen molar-refractivity contribution >= 4 is 17.5 Å². The van der Waals surface area contributed by atoms with Gasteiger partial charge in [-0.2, -0.15) is 0 Å². The topological polar surface area (TPSA) is 29.1 Å². The monoisotopic (exact) mass is 289 g/mol. The van der Waals surface area contributed by atoms with E-state index in [2.05, 4.69) is 5.32 Å². The first kappa shape index (κ1) is 15.9. The van der Waals surface area contributed by atoms with Crippen LogP contribution in [0.5, 0.6) is 0 Å². The Bertz CT molecular complexity index is 439. The summed E-state index contributed by atoms with van der Waals surface area (Å²) in [6.07, 6.45) is 1.61. The van der Waals surface area contributed by atoms with E-state index in [-0.39, 0.29) is 11.0 Å². The van der Waals surface area contributed by atoms with Crippen molar-refractivity contribution in [3.8, 4) is 0 Å². The summed E-state index contributed by atoms with van der Waals surface area (Å²) in [5, 5.41) is 2.63. The minimum absolute atomic E-state index is 0.207. The Morgan fingerprint density at radius 3 is 2.47 bits per heavy atom. The number of carbonyl (C=O) groups is 1. The molecule has 106 valence electrons. The van der Waals surface area contributed by atoms with Gasteiger partial charge in [0.2, 0.25) is 0 Å². The van der Waals surface area contributed by atoms with E-state index in [1.54, 1.807) is 0 Å². The third-order valence-electron chi connectivity index (χ3n) is 3.58. The van der Waals surface area contributed by atoms with E-state index < -0.39 is 17.5 Å². The first-order chi connectivity index (χ1) is 8.98. The van der Waals surface area contributed by atoms with E-state index in [0.29, 0.717) is 12.4 Å². The molecule has 0 heterocycles. The normalized spacial score (nSPS) is 11.4. The van der Waals surface area contributed by atoms with E-state index in [9.17, 15) is 13.6 Å². The van der Waals surface area contributed by atoms with Crippen LogP contribution in [0, 0.1) is 17.0 Å². The first-order valence-corrected chi connectivity index (χ1v) is 6.80. The zero-order chi connectivity index (χ0) is 14.5. The van der Waals surface area contributed by atoms with Gasteiger partial charge in [0.1, 0.15) is 11.6 Å². The third kappa shape index (κ3) is 3.90. The van der Waals surface area contributed by atoms with Crippen LogP contribution in [0.1, 0.15) is 37.0 Å². The average Bonchev–Trinajstić information content (AvgIpc) is 2.43. The number of nitrogens with one attached hydrogen (secondary N) is 1. The molecule has 0 bridgehead atoms. The number of hydrogen-bond donors (Lipinski definition) is 1. The molecule has 0 aromatic heterocycles. The molecular weight excluding hydrogens is 272 g/mol. The second kappa shape index (κ2) is 6.85. The molecule has 0 radical (unpaired) electrons. The fourth-order valence-electron chi connectivity index (χ4n) is 1.77. The van der Waals surface area contributed by atoms with Gasteiger partial charge in [-0.05, 0) is 31.0 Å². The second-order valence-electron chi connectivity index (χ2n) is 4.65. The second-order valence-corrected chi connectivity index (χ2v) is 4.91. The van der Waals surface area contributed by atoms with Crippen molar-refractivity contribution in [2.24, 2.45) is 5.41 Å². The van der Waals surface area contributed by atoms with Crippen molar-refractivity contribution in [1.82, 2.24) is 5.32 Å². The SMILES string of the molecule is CCC(CC)(CCl)CNC(=O)c1cc(F)ccc1F. The Morgan fingerprint density at radius 1 is 1.32 bits per heavy atom. The Hall–Kier alpha value is -1.16. The van der Waals surface area contributed by atoms with Crippen LogP contribution in [0.3, 0.4) is 0 Å². The molecular formula is C14H18ClF2NO. The molecule has 0 spiro atoms. The fourth-order valence-corrected chi connectivity index (χ4v) is 2.24. The number of alkyl halides is 1. The molecule has 0 atom stereocenters. The van der Waals surface area contributed by atoms with Gasteiger partial charge in [0.05, 0.1) is 5.56 Å². The summed E-state index contributed by atoms with van der Waals surface area (Å²) in [4.78, 5) is 11.9. The molecule has 1 N–H and O–H groups in total. The van der Waals surface area contributed by atoms with Crippen LogP contribution < -0.4 is 5.32 Å². The van der Waals surface area contributed by atoms with Gasteiger partial charge in [0.15, 0.2) is 0 Å². The Morgan fingerprint density at radius 2 is 1.95 bits per heavy atom. The molecule has 0 fully saturated rings. The molecule has 2 nitrogen and oxygen atoms in total. The van der Waals surface area contributed by atoms with Gasteiger partial charge < -0.3 is 5.32 Å². The summed E-state index contributed by atoms with van der Waals surface area (Å²) in [7, 11) is 0. The van der Waals surface area contributed by atoms with E-state index in [1.165, 1.54) is 0 Å². The molecule has 1 aromatic rings. The predicted molar refractivity (Wildman–Crippen MR) is 72.4 cm³/mol. The van der Waals surface area contributed by atoms with E-state index in [4.69, 9.17) is 11.6 Å². The molecule has 1 rings (SSSR count). The van der Waals surface area contributed by atoms with Crippen molar-refractivity contribution in [2.75, 3.05) is 12.4 Å². The number of benzene rings is 1. The van der Waals surface area contributed by atoms with Gasteiger partial charge in [-0.1, -0.05) is 13.8 Å². The highest BCUT2D eigenvalue weighted by atomic mass is 35.5. The van der Waals surface area contributed by atoms with Crippen molar-refractivity contribution in [1.29, 1.82) is 0 Å². The van der Waals surface area contributed by atoms with Crippen LogP contribution in [-0.2, 0) is 0 Å². The Balaban J connectivity index is 2.77. The molecule has 0 saturated carbocycles. The zero-order valence-electron chi connectivity index (χ0n) is 11.1. The van der Waals surface area contributed by atoms with Gasteiger partial charge in [0.25, 0.3) is 5.91 Å². The van der Waals surface area contributed by atoms with E-state index >= 15 is 0 Å². The average molecular weight is 290 g/mol. The molecule has 0 aliphatic rings. The van der Waals surface area contributed by atoms with E-state index in [0.717, 1.165) is 31.0 Å². The third-order valence-corrected chi connectivity index (χ3v) is 4.15. The van der Waals surface area contributed by atoms with Crippen molar-refractivity contribution in [3.05, 3.63) is 35.4 Å². The highest BCUT2D eigenvalue weighted by Crippen LogP contribution is 2.27. The maximum Gasteiger partial charge on any atom is 0.254 e. The summed E-state index contributed by atoms with van der Waals surface area (Å²) in [5.74, 6) is -1.58. The summed E-state index contributed by atoms with van der Waals surface area (Å²) >= 11 is 5.93. The number of hydrogen-bond acceptors (Lipinski definition) is 1. The number of halogens is 3. The molecule has 0 aliphatic carbocycles. The van der Waals surface area contributed by atoms with Crippen LogP contribution >= 0.6 is 11.6 Å². The molecule has 19 heavy (non-hydrogen) atoms. The highest BCUT2D eigenvalue weighted by Gasteiger charge is 2.26. The van der Waals surface area contributed by atoms with Gasteiger partial charge in [-0.15, -0.1) is 11.6 Å². The lowest BCUT2D eigenvalue weighted by Crippen LogP contribution is -2.38. The quantitative estimate of drug-likeness (QED) is 0.794. The van der Waals surface area contributed by atoms with Crippen LogP contribution in [-0.4, -0.2) is 18.3 Å². The lowest BCUT2D eigenvalue weighted by molar-refractivity contribution is 0.0927. The lowest BCUT2D eigenvalue weighted by Gasteiger charge is -2.29. The minimum Gasteiger partial charge on any atom is -0.351 e. The van der Waals surface area contributed by atoms with Gasteiger partial charge >= 0.3 is 0 Å². The van der Waals surface area contributed by atoms with Crippen LogP contribution in [0.2, 0.25) is 0 Å². The van der Waals surface area contributed by atoms with Crippen molar-refractivity contribution in [2.45, 2.75) is 26.7 Å². The Labute approximate surface area is 117 Å². The lowest BCUT2D eigenvalue weighted by atomic mass is 9.84. The largest absolute Gasteiger partial charge is 0.351 e. The minimum atomic E-state index is -0.733. The standard InChI is InChI=1S/C14H18ClF2NO/c1-3-14(4-2,8-15)9-18-13(19)11-7-10(16)5-6-12(11)17/h5-7H,3-4,8-9H2,1-2H3,(H,18,19). The number of amides is 1. The summed E-state index contributed by atoms with van der Waals surface area (Å²) < 4.78 is 26.4. The van der Waals surface area contributed by atoms with Crippen molar-refractivity contribution < 1.29 is 13.6 Å². The first-order valence-electron chi connectivity index (χ1n) is 6.27. The van der Waals surface area contributed by atoms with Gasteiger partial charge in [0, 0.05) is 17.8 Å². The molecule has 5 heteroatoms. The Kier molecular flexibility index (Phi) is 5.73. The highest BCUT2D eigenvalue weighted by molar-refractivity contribution is 6.18. The molecule has 1 amide bonds. The summed E-state index contributed by atoms with van der Waals surface area (Å²) in [6, 6.07) is 2.82. The fraction of sp³-hybridized carbons (Fsp3) is 0.500. The smallest absolute Gasteiger partial charge is 0.254 e. The van der Waals surface area contributed by atoms with E-state index in [1.807, 2.05) is 13.8 Å². The van der Waals surface area contributed by atoms with Crippen LogP contribution in [0.4, 0.5) is 8.78 Å². The zero-order valence-corrected chi connectivity index (χ0v) is 11.9. The summed E-state index contributed by atoms with van der Waals surface area (Å²) in [5.41, 5.74) is -0.489. The van der Waals surface area contributed by atoms with Crippen LogP contribution in [0.15, 0.2) is 18.2 Å². The summed E-state index contributed by atoms with van der Waals surface area (Å²) in [6.45, 7) is 4.32. The molecule has 0 unspecified atom stereocenters.